The van der Waals surface area contributed by atoms with Crippen LogP contribution in [0.4, 0.5) is 0 Å². The lowest BCUT2D eigenvalue weighted by Crippen LogP contribution is -2.30. The fourth-order valence-electron chi connectivity index (χ4n) is 1.67. The zero-order chi connectivity index (χ0) is 10.8. The van der Waals surface area contributed by atoms with Crippen LogP contribution in [-0.2, 0) is 0 Å². The maximum atomic E-state index is 5.77. The molecule has 0 spiro atoms. The van der Waals surface area contributed by atoms with Crippen molar-refractivity contribution in [3.8, 4) is 0 Å². The predicted octanol–water partition coefficient (Wildman–Crippen LogP) is 2.04. The predicted molar refractivity (Wildman–Crippen MR) is 78.3 cm³/mol. The zero-order valence-electron chi connectivity index (χ0n) is 9.63. The molecule has 0 aromatic heterocycles. The Morgan fingerprint density at radius 3 is 2.50 bits per heavy atom. The van der Waals surface area contributed by atoms with Gasteiger partial charge in [-0.2, -0.15) is 0 Å². The van der Waals surface area contributed by atoms with Crippen LogP contribution in [0.25, 0.3) is 0 Å². The molecule has 0 aliphatic heterocycles. The molecule has 0 radical (unpaired) electrons. The second kappa shape index (κ2) is 5.52. The van der Waals surface area contributed by atoms with Crippen molar-refractivity contribution in [2.75, 3.05) is 14.1 Å². The maximum absolute atomic E-state index is 5.77. The summed E-state index contributed by atoms with van der Waals surface area (Å²) in [6, 6.07) is 10.9. The van der Waals surface area contributed by atoms with Crippen molar-refractivity contribution in [3.05, 3.63) is 35.9 Å². The Bertz CT molecular complexity index is 362. The molecule has 2 unspecified atom stereocenters. The summed E-state index contributed by atoms with van der Waals surface area (Å²) in [5, 5.41) is 0. The van der Waals surface area contributed by atoms with Crippen molar-refractivity contribution in [1.82, 2.24) is 4.90 Å². The normalized spacial score (nSPS) is 23.5. The summed E-state index contributed by atoms with van der Waals surface area (Å²) in [4.78, 5) is 6.31. The van der Waals surface area contributed by atoms with E-state index in [-0.39, 0.29) is 24.0 Å². The molecule has 16 heavy (non-hydrogen) atoms. The minimum absolute atomic E-state index is 0. The molecule has 3 nitrogen and oxygen atoms in total. The Morgan fingerprint density at radius 1 is 1.31 bits per heavy atom. The summed E-state index contributed by atoms with van der Waals surface area (Å²) in [5.74, 6) is 1.20. The Kier molecular flexibility index (Phi) is 4.58. The van der Waals surface area contributed by atoms with Gasteiger partial charge in [0.1, 0.15) is 0 Å². The highest BCUT2D eigenvalue weighted by Gasteiger charge is 2.38. The van der Waals surface area contributed by atoms with Gasteiger partial charge in [-0.3, -0.25) is 0 Å². The molecule has 0 bridgehead atoms. The van der Waals surface area contributed by atoms with E-state index in [0.29, 0.717) is 17.9 Å². The number of rotatable bonds is 2. The van der Waals surface area contributed by atoms with Crippen LogP contribution in [0.5, 0.6) is 0 Å². The highest BCUT2D eigenvalue weighted by atomic mass is 127. The van der Waals surface area contributed by atoms with Gasteiger partial charge in [0, 0.05) is 20.0 Å². The Balaban J connectivity index is 0.00000128. The van der Waals surface area contributed by atoms with Gasteiger partial charge >= 0.3 is 0 Å². The summed E-state index contributed by atoms with van der Waals surface area (Å²) in [5.41, 5.74) is 7.15. The molecule has 4 heteroatoms. The van der Waals surface area contributed by atoms with Crippen molar-refractivity contribution >= 4 is 29.9 Å². The summed E-state index contributed by atoms with van der Waals surface area (Å²) >= 11 is 0. The zero-order valence-corrected chi connectivity index (χ0v) is 12.0. The summed E-state index contributed by atoms with van der Waals surface area (Å²) in [7, 11) is 3.83. The van der Waals surface area contributed by atoms with E-state index in [1.165, 1.54) is 5.56 Å². The van der Waals surface area contributed by atoms with Crippen LogP contribution in [0.15, 0.2) is 35.3 Å². The van der Waals surface area contributed by atoms with Gasteiger partial charge in [-0.15, -0.1) is 24.0 Å². The SMILES string of the molecule is CN(C)C(N)=NC1CC1c1ccccc1.I. The fourth-order valence-corrected chi connectivity index (χ4v) is 1.67. The number of halogens is 1. The van der Waals surface area contributed by atoms with Crippen molar-refractivity contribution in [3.63, 3.8) is 0 Å². The van der Waals surface area contributed by atoms with Crippen LogP contribution in [0.2, 0.25) is 0 Å². The van der Waals surface area contributed by atoms with Gasteiger partial charge in [-0.05, 0) is 12.0 Å². The van der Waals surface area contributed by atoms with E-state index in [9.17, 15) is 0 Å². The largest absolute Gasteiger partial charge is 0.370 e. The first kappa shape index (κ1) is 13.3. The average Bonchev–Trinajstić information content (AvgIpc) is 2.98. The number of hydrogen-bond acceptors (Lipinski definition) is 1. The molecule has 88 valence electrons. The van der Waals surface area contributed by atoms with Gasteiger partial charge in [-0.1, -0.05) is 30.3 Å². The summed E-state index contributed by atoms with van der Waals surface area (Å²) < 4.78 is 0. The van der Waals surface area contributed by atoms with Crippen molar-refractivity contribution in [2.24, 2.45) is 10.7 Å². The maximum Gasteiger partial charge on any atom is 0.191 e. The molecule has 0 saturated heterocycles. The molecule has 2 atom stereocenters. The van der Waals surface area contributed by atoms with E-state index in [4.69, 9.17) is 5.73 Å². The molecule has 1 aromatic carbocycles. The lowest BCUT2D eigenvalue weighted by atomic mass is 10.1. The topological polar surface area (TPSA) is 41.6 Å². The quantitative estimate of drug-likeness (QED) is 0.512. The number of nitrogens with zero attached hydrogens (tertiary/aromatic N) is 2. The van der Waals surface area contributed by atoms with Crippen LogP contribution >= 0.6 is 24.0 Å². The third-order valence-corrected chi connectivity index (χ3v) is 2.74. The van der Waals surface area contributed by atoms with Gasteiger partial charge < -0.3 is 10.6 Å². The van der Waals surface area contributed by atoms with Gasteiger partial charge in [-0.25, -0.2) is 4.99 Å². The molecular weight excluding hydrogens is 313 g/mol. The van der Waals surface area contributed by atoms with E-state index in [0.717, 1.165) is 6.42 Å². The molecule has 2 rings (SSSR count). The Labute approximate surface area is 114 Å². The third kappa shape index (κ3) is 3.10. The van der Waals surface area contributed by atoms with E-state index in [2.05, 4.69) is 29.3 Å². The van der Waals surface area contributed by atoms with Gasteiger partial charge in [0.25, 0.3) is 0 Å². The summed E-state index contributed by atoms with van der Waals surface area (Å²) in [6.45, 7) is 0. The molecule has 1 aromatic rings. The van der Waals surface area contributed by atoms with E-state index >= 15 is 0 Å². The van der Waals surface area contributed by atoms with Crippen LogP contribution in [0.1, 0.15) is 17.9 Å². The number of benzene rings is 1. The highest BCUT2D eigenvalue weighted by molar-refractivity contribution is 14.0. The van der Waals surface area contributed by atoms with Crippen LogP contribution in [0.3, 0.4) is 0 Å². The highest BCUT2D eigenvalue weighted by Crippen LogP contribution is 2.43. The molecule has 1 saturated carbocycles. The standard InChI is InChI=1S/C12H17N3.HI/c1-15(2)12(13)14-11-8-10(11)9-6-4-3-5-7-9;/h3-7,10-11H,8H2,1-2H3,(H2,13,14);1H. The second-order valence-electron chi connectivity index (χ2n) is 4.20. The second-order valence-corrected chi connectivity index (χ2v) is 4.20. The van der Waals surface area contributed by atoms with Crippen molar-refractivity contribution in [2.45, 2.75) is 18.4 Å². The Hall–Kier alpha value is -0.780. The van der Waals surface area contributed by atoms with Gasteiger partial charge in [0.15, 0.2) is 5.96 Å². The van der Waals surface area contributed by atoms with E-state index in [1.807, 2.05) is 25.1 Å². The van der Waals surface area contributed by atoms with Crippen LogP contribution < -0.4 is 5.73 Å². The number of guanidine groups is 1. The summed E-state index contributed by atoms with van der Waals surface area (Å²) in [6.07, 6.45) is 1.12. The molecule has 1 fully saturated rings. The van der Waals surface area contributed by atoms with Crippen LogP contribution in [0, 0.1) is 0 Å². The smallest absolute Gasteiger partial charge is 0.191 e. The minimum Gasteiger partial charge on any atom is -0.370 e. The fraction of sp³-hybridized carbons (Fsp3) is 0.417. The number of aliphatic imine (C=N–C) groups is 1. The molecule has 0 amide bonds. The van der Waals surface area contributed by atoms with Crippen molar-refractivity contribution < 1.29 is 0 Å². The lowest BCUT2D eigenvalue weighted by Gasteiger charge is -2.10. The third-order valence-electron chi connectivity index (χ3n) is 2.74. The molecular formula is C12H18IN3. The Morgan fingerprint density at radius 2 is 1.94 bits per heavy atom. The average molecular weight is 331 g/mol. The van der Waals surface area contributed by atoms with E-state index in [1.54, 1.807) is 0 Å². The molecule has 1 aliphatic rings. The molecule has 1 aliphatic carbocycles. The van der Waals surface area contributed by atoms with Gasteiger partial charge in [0.2, 0.25) is 0 Å². The first-order chi connectivity index (χ1) is 7.18. The number of hydrogen-bond donors (Lipinski definition) is 1. The number of nitrogens with two attached hydrogens (primary N) is 1. The first-order valence-electron chi connectivity index (χ1n) is 5.24. The van der Waals surface area contributed by atoms with Crippen molar-refractivity contribution in [1.29, 1.82) is 0 Å². The van der Waals surface area contributed by atoms with E-state index < -0.39 is 0 Å². The first-order valence-corrected chi connectivity index (χ1v) is 5.24. The van der Waals surface area contributed by atoms with Gasteiger partial charge in [0.05, 0.1) is 6.04 Å². The monoisotopic (exact) mass is 331 g/mol. The van der Waals surface area contributed by atoms with Crippen LogP contribution in [-0.4, -0.2) is 31.0 Å². The molecule has 2 N–H and O–H groups in total. The minimum atomic E-state index is 0. The molecule has 0 heterocycles. The lowest BCUT2D eigenvalue weighted by molar-refractivity contribution is 0.608.